The topological polar surface area (TPSA) is 27.7 Å². The van der Waals surface area contributed by atoms with Crippen LogP contribution in [-0.4, -0.2) is 0 Å². The summed E-state index contributed by atoms with van der Waals surface area (Å²) in [5.41, 5.74) is 7.24. The highest BCUT2D eigenvalue weighted by Gasteiger charge is 2.44. The van der Waals surface area contributed by atoms with Gasteiger partial charge in [-0.3, -0.25) is 0 Å². The van der Waals surface area contributed by atoms with Crippen molar-refractivity contribution in [2.45, 2.75) is 22.1 Å². The summed E-state index contributed by atoms with van der Waals surface area (Å²) in [5.74, 6) is 4.61. The van der Waals surface area contributed by atoms with E-state index in [9.17, 15) is 0 Å². The summed E-state index contributed by atoms with van der Waals surface area (Å²) in [6.07, 6.45) is 4.43. The third kappa shape index (κ3) is 3.64. The number of ether oxygens (including phenoxy) is 3. The minimum absolute atomic E-state index is 0.684. The number of aryl methyl sites for hydroxylation is 1. The highest BCUT2D eigenvalue weighted by molar-refractivity contribution is 7.99. The van der Waals surface area contributed by atoms with Crippen LogP contribution in [0.2, 0.25) is 0 Å². The zero-order chi connectivity index (χ0) is 29.3. The summed E-state index contributed by atoms with van der Waals surface area (Å²) < 4.78 is 19.7. The minimum Gasteiger partial charge on any atom is -0.454 e. The average Bonchev–Trinajstić information content (AvgIpc) is 3.21. The lowest BCUT2D eigenvalue weighted by Gasteiger charge is -2.39. The summed E-state index contributed by atoms with van der Waals surface area (Å²) in [5, 5.41) is 0. The van der Waals surface area contributed by atoms with E-state index < -0.39 is 5.41 Å². The summed E-state index contributed by atoms with van der Waals surface area (Å²) in [4.78, 5) is 2.28. The maximum Gasteiger partial charge on any atom is 0.170 e. The van der Waals surface area contributed by atoms with E-state index in [4.69, 9.17) is 14.2 Å². The van der Waals surface area contributed by atoms with Crippen LogP contribution >= 0.6 is 11.8 Å². The van der Waals surface area contributed by atoms with Gasteiger partial charge in [0.15, 0.2) is 23.0 Å². The molecule has 6 aromatic rings. The van der Waals surface area contributed by atoms with Gasteiger partial charge in [-0.25, -0.2) is 0 Å². The maximum absolute atomic E-state index is 6.80. The van der Waals surface area contributed by atoms with Gasteiger partial charge in [-0.2, -0.15) is 0 Å². The summed E-state index contributed by atoms with van der Waals surface area (Å²) in [6, 6.07) is 44.3. The van der Waals surface area contributed by atoms with Crippen molar-refractivity contribution in [3.05, 3.63) is 166 Å². The molecule has 0 aromatic heterocycles. The lowest BCUT2D eigenvalue weighted by Crippen LogP contribution is -2.32. The number of rotatable bonds is 2. The first-order valence-corrected chi connectivity index (χ1v) is 15.6. The second-order valence-electron chi connectivity index (χ2n) is 11.3. The van der Waals surface area contributed by atoms with Crippen LogP contribution in [0.5, 0.6) is 34.5 Å². The largest absolute Gasteiger partial charge is 0.454 e. The Morgan fingerprint density at radius 3 is 1.80 bits per heavy atom. The molecule has 0 fully saturated rings. The summed E-state index contributed by atoms with van der Waals surface area (Å²) in [6.45, 7) is 2.19. The average molecular weight is 587 g/mol. The Bertz CT molecular complexity index is 2090. The van der Waals surface area contributed by atoms with Crippen LogP contribution in [0.1, 0.15) is 38.9 Å². The molecule has 3 nitrogen and oxygen atoms in total. The van der Waals surface area contributed by atoms with E-state index in [0.29, 0.717) is 23.0 Å². The molecule has 2 heterocycles. The molecular weight excluding hydrogens is 561 g/mol. The standard InChI is InChI=1S/C40H26O3S/c1-25-22-31-29(38-39(25)44-37-19-11-10-18-34(37)43-38)21-20-26-23-35-36(42-33-17-9-8-16-32(33)41-35)24-30(26)40(31,27-12-4-2-5-13-27)28-14-6-3-7-15-28/h2-24H,1H3. The molecule has 1 aliphatic carbocycles. The fourth-order valence-electron chi connectivity index (χ4n) is 6.86. The number of para-hydroxylation sites is 3. The SMILES string of the molecule is Cc1cc2c(c3c1Sc1ccccc1O3)C=Cc1cc3c(cc1C2(c1ccccc1)c1ccccc1)Oc1ccccc1O3. The molecule has 210 valence electrons. The van der Waals surface area contributed by atoms with Gasteiger partial charge in [-0.1, -0.05) is 115 Å². The van der Waals surface area contributed by atoms with Crippen LogP contribution in [0, 0.1) is 6.92 Å². The molecule has 0 unspecified atom stereocenters. The molecule has 0 bridgehead atoms. The van der Waals surface area contributed by atoms with E-state index in [1.54, 1.807) is 11.8 Å². The lowest BCUT2D eigenvalue weighted by atomic mass is 9.63. The van der Waals surface area contributed by atoms with E-state index in [-0.39, 0.29) is 0 Å². The van der Waals surface area contributed by atoms with Crippen molar-refractivity contribution >= 4 is 23.9 Å². The van der Waals surface area contributed by atoms with Gasteiger partial charge in [0.05, 0.1) is 15.2 Å². The van der Waals surface area contributed by atoms with Crippen molar-refractivity contribution in [3.63, 3.8) is 0 Å². The highest BCUT2D eigenvalue weighted by Crippen LogP contribution is 2.58. The number of fused-ring (bicyclic) bond motifs is 7. The zero-order valence-corrected chi connectivity index (χ0v) is 24.7. The minimum atomic E-state index is -0.684. The molecule has 2 aliphatic heterocycles. The van der Waals surface area contributed by atoms with Crippen molar-refractivity contribution < 1.29 is 14.2 Å². The van der Waals surface area contributed by atoms with E-state index in [0.717, 1.165) is 49.1 Å². The van der Waals surface area contributed by atoms with Crippen molar-refractivity contribution in [3.8, 4) is 34.5 Å². The number of hydrogen-bond donors (Lipinski definition) is 0. The lowest BCUT2D eigenvalue weighted by molar-refractivity contribution is 0.358. The third-order valence-electron chi connectivity index (χ3n) is 8.79. The molecule has 44 heavy (non-hydrogen) atoms. The second-order valence-corrected chi connectivity index (χ2v) is 12.4. The van der Waals surface area contributed by atoms with Crippen molar-refractivity contribution in [1.29, 1.82) is 0 Å². The van der Waals surface area contributed by atoms with Gasteiger partial charge in [0, 0.05) is 5.56 Å². The zero-order valence-electron chi connectivity index (χ0n) is 23.9. The van der Waals surface area contributed by atoms with Crippen molar-refractivity contribution in [1.82, 2.24) is 0 Å². The predicted octanol–water partition coefficient (Wildman–Crippen LogP) is 11.0. The highest BCUT2D eigenvalue weighted by atomic mass is 32.2. The number of hydrogen-bond acceptors (Lipinski definition) is 4. The van der Waals surface area contributed by atoms with Gasteiger partial charge in [-0.15, -0.1) is 0 Å². The van der Waals surface area contributed by atoms with E-state index in [1.165, 1.54) is 11.1 Å². The first-order chi connectivity index (χ1) is 21.7. The van der Waals surface area contributed by atoms with Crippen LogP contribution in [0.25, 0.3) is 12.2 Å². The Hall–Kier alpha value is -5.19. The van der Waals surface area contributed by atoms with Crippen LogP contribution in [0.15, 0.2) is 137 Å². The molecule has 0 atom stereocenters. The number of benzene rings is 6. The fourth-order valence-corrected chi connectivity index (χ4v) is 7.90. The van der Waals surface area contributed by atoms with Crippen molar-refractivity contribution in [2.24, 2.45) is 0 Å². The molecule has 0 saturated carbocycles. The molecule has 0 amide bonds. The molecule has 6 aromatic carbocycles. The Labute approximate surface area is 260 Å². The Morgan fingerprint density at radius 2 is 1.11 bits per heavy atom. The molecule has 3 aliphatic rings. The predicted molar refractivity (Wildman–Crippen MR) is 176 cm³/mol. The molecule has 9 rings (SSSR count). The Balaban J connectivity index is 1.39. The molecule has 0 N–H and O–H groups in total. The van der Waals surface area contributed by atoms with Crippen LogP contribution in [-0.2, 0) is 5.41 Å². The normalized spacial score (nSPS) is 14.6. The maximum atomic E-state index is 6.80. The molecule has 0 spiro atoms. The first-order valence-electron chi connectivity index (χ1n) is 14.8. The molecule has 4 heteroatoms. The van der Waals surface area contributed by atoms with E-state index in [2.05, 4.69) is 116 Å². The van der Waals surface area contributed by atoms with Gasteiger partial charge >= 0.3 is 0 Å². The smallest absolute Gasteiger partial charge is 0.170 e. The Morgan fingerprint density at radius 1 is 0.523 bits per heavy atom. The fraction of sp³-hybridized carbons (Fsp3) is 0.0500. The third-order valence-corrected chi connectivity index (χ3v) is 10.1. The summed E-state index contributed by atoms with van der Waals surface area (Å²) >= 11 is 1.78. The van der Waals surface area contributed by atoms with Crippen LogP contribution in [0.3, 0.4) is 0 Å². The molecule has 0 radical (unpaired) electrons. The second kappa shape index (κ2) is 9.66. The van der Waals surface area contributed by atoms with Gasteiger partial charge < -0.3 is 14.2 Å². The van der Waals surface area contributed by atoms with Gasteiger partial charge in [-0.05, 0) is 76.7 Å². The summed E-state index contributed by atoms with van der Waals surface area (Å²) in [7, 11) is 0. The van der Waals surface area contributed by atoms with Crippen molar-refractivity contribution in [2.75, 3.05) is 0 Å². The van der Waals surface area contributed by atoms with Gasteiger partial charge in [0.2, 0.25) is 0 Å². The quantitative estimate of drug-likeness (QED) is 0.201. The Kier molecular flexibility index (Phi) is 5.56. The first kappa shape index (κ1) is 25.3. The van der Waals surface area contributed by atoms with Crippen LogP contribution in [0.4, 0.5) is 0 Å². The monoisotopic (exact) mass is 586 g/mol. The van der Waals surface area contributed by atoms with E-state index >= 15 is 0 Å². The van der Waals surface area contributed by atoms with Gasteiger partial charge in [0.25, 0.3) is 0 Å². The molecule has 0 saturated heterocycles. The van der Waals surface area contributed by atoms with E-state index in [1.807, 2.05) is 30.3 Å². The molecular formula is C40H26O3S. The van der Waals surface area contributed by atoms with Gasteiger partial charge in [0.1, 0.15) is 11.5 Å². The van der Waals surface area contributed by atoms with Crippen LogP contribution < -0.4 is 14.2 Å².